The zero-order valence-corrected chi connectivity index (χ0v) is 15.0. The maximum atomic E-state index is 12.3. The SMILES string of the molecule is O=c1ccn(C/C=C/CCS(=O)(=O)NC2(c3ccccc3)CC2)c(=O)[nH]1. The molecule has 0 atom stereocenters. The number of nitrogens with one attached hydrogen (secondary N) is 2. The number of aromatic amines is 1. The second kappa shape index (κ2) is 7.43. The van der Waals surface area contributed by atoms with Crippen LogP contribution in [0.15, 0.2) is 64.3 Å². The maximum absolute atomic E-state index is 12.3. The maximum Gasteiger partial charge on any atom is 0.328 e. The molecule has 8 heteroatoms. The molecule has 0 radical (unpaired) electrons. The molecule has 0 aliphatic heterocycles. The third kappa shape index (κ3) is 4.59. The van der Waals surface area contributed by atoms with Crippen molar-refractivity contribution in [3.05, 3.63) is 81.1 Å². The summed E-state index contributed by atoms with van der Waals surface area (Å²) in [6, 6.07) is 10.9. The fourth-order valence-electron chi connectivity index (χ4n) is 2.80. The number of aromatic nitrogens is 2. The molecule has 3 rings (SSSR count). The van der Waals surface area contributed by atoms with Crippen molar-refractivity contribution in [3.63, 3.8) is 0 Å². The molecule has 2 aromatic rings. The normalized spacial score (nSPS) is 16.0. The monoisotopic (exact) mass is 375 g/mol. The van der Waals surface area contributed by atoms with E-state index in [9.17, 15) is 18.0 Å². The molecule has 1 aliphatic carbocycles. The highest BCUT2D eigenvalue weighted by Gasteiger charge is 2.46. The average Bonchev–Trinajstić information content (AvgIpc) is 3.37. The summed E-state index contributed by atoms with van der Waals surface area (Å²) >= 11 is 0. The van der Waals surface area contributed by atoms with Crippen LogP contribution >= 0.6 is 0 Å². The Hall–Kier alpha value is -2.45. The Morgan fingerprint density at radius 2 is 1.85 bits per heavy atom. The van der Waals surface area contributed by atoms with Crippen molar-refractivity contribution in [2.75, 3.05) is 5.75 Å². The third-order valence-corrected chi connectivity index (χ3v) is 5.82. The Morgan fingerprint density at radius 1 is 1.12 bits per heavy atom. The lowest BCUT2D eigenvalue weighted by Gasteiger charge is -2.17. The van der Waals surface area contributed by atoms with Gasteiger partial charge in [0.25, 0.3) is 5.56 Å². The second-order valence-corrected chi connectivity index (χ2v) is 8.23. The van der Waals surface area contributed by atoms with E-state index in [1.807, 2.05) is 30.3 Å². The zero-order valence-electron chi connectivity index (χ0n) is 14.2. The van der Waals surface area contributed by atoms with Gasteiger partial charge >= 0.3 is 5.69 Å². The van der Waals surface area contributed by atoms with Crippen molar-refractivity contribution in [3.8, 4) is 0 Å². The Balaban J connectivity index is 1.52. The molecule has 138 valence electrons. The van der Waals surface area contributed by atoms with E-state index in [4.69, 9.17) is 0 Å². The van der Waals surface area contributed by atoms with E-state index in [0.717, 1.165) is 18.4 Å². The van der Waals surface area contributed by atoms with E-state index >= 15 is 0 Å². The van der Waals surface area contributed by atoms with E-state index in [2.05, 4.69) is 9.71 Å². The van der Waals surface area contributed by atoms with Gasteiger partial charge in [-0.2, -0.15) is 0 Å². The van der Waals surface area contributed by atoms with Gasteiger partial charge < -0.3 is 0 Å². The summed E-state index contributed by atoms with van der Waals surface area (Å²) in [6.07, 6.45) is 6.79. The van der Waals surface area contributed by atoms with Crippen LogP contribution in [0.1, 0.15) is 24.8 Å². The smallest absolute Gasteiger partial charge is 0.297 e. The number of H-pyrrole nitrogens is 1. The second-order valence-electron chi connectivity index (χ2n) is 6.39. The Morgan fingerprint density at radius 3 is 2.50 bits per heavy atom. The topological polar surface area (TPSA) is 101 Å². The standard InChI is InChI=1S/C18H21N3O4S/c22-16-9-13-21(17(23)19-16)12-5-2-6-14-26(24,25)20-18(10-11-18)15-7-3-1-4-8-15/h1-5,7-9,13,20H,6,10-12,14H2,(H,19,22,23)/b5-2+. The summed E-state index contributed by atoms with van der Waals surface area (Å²) in [7, 11) is -3.40. The number of allylic oxidation sites excluding steroid dienone is 2. The van der Waals surface area contributed by atoms with E-state index in [1.54, 1.807) is 12.2 Å². The van der Waals surface area contributed by atoms with Gasteiger partial charge in [0.05, 0.1) is 11.3 Å². The lowest BCUT2D eigenvalue weighted by atomic mass is 10.1. The predicted octanol–water partition coefficient (Wildman–Crippen LogP) is 1.09. The van der Waals surface area contributed by atoms with Crippen LogP contribution < -0.4 is 16.0 Å². The van der Waals surface area contributed by atoms with Gasteiger partial charge in [0.15, 0.2) is 0 Å². The van der Waals surface area contributed by atoms with Crippen molar-refractivity contribution < 1.29 is 8.42 Å². The van der Waals surface area contributed by atoms with Gasteiger partial charge in [-0.05, 0) is 24.8 Å². The molecule has 2 N–H and O–H groups in total. The molecular formula is C18H21N3O4S. The van der Waals surface area contributed by atoms with Crippen LogP contribution in [0.2, 0.25) is 0 Å². The summed E-state index contributed by atoms with van der Waals surface area (Å²) in [5.41, 5.74) is -0.390. The number of nitrogens with zero attached hydrogens (tertiary/aromatic N) is 1. The van der Waals surface area contributed by atoms with Crippen molar-refractivity contribution in [2.24, 2.45) is 0 Å². The van der Waals surface area contributed by atoms with Gasteiger partial charge in [0, 0.05) is 18.8 Å². The largest absolute Gasteiger partial charge is 0.328 e. The van der Waals surface area contributed by atoms with E-state index in [-0.39, 0.29) is 12.3 Å². The Bertz CT molecular complexity index is 1000. The summed E-state index contributed by atoms with van der Waals surface area (Å²) in [5, 5.41) is 0. The molecule has 0 saturated heterocycles. The molecule has 0 unspecified atom stereocenters. The van der Waals surface area contributed by atoms with Crippen LogP contribution in [-0.4, -0.2) is 23.7 Å². The minimum atomic E-state index is -3.40. The first-order valence-corrected chi connectivity index (χ1v) is 10.1. The van der Waals surface area contributed by atoms with Gasteiger partial charge in [0.2, 0.25) is 10.0 Å². The van der Waals surface area contributed by atoms with Gasteiger partial charge in [-0.1, -0.05) is 42.5 Å². The number of hydrogen-bond donors (Lipinski definition) is 2. The average molecular weight is 375 g/mol. The van der Waals surface area contributed by atoms with Crippen LogP contribution in [0.25, 0.3) is 0 Å². The van der Waals surface area contributed by atoms with Crippen LogP contribution in [0.4, 0.5) is 0 Å². The molecular weight excluding hydrogens is 354 g/mol. The first-order valence-electron chi connectivity index (χ1n) is 8.42. The molecule has 1 saturated carbocycles. The minimum Gasteiger partial charge on any atom is -0.297 e. The van der Waals surface area contributed by atoms with Crippen LogP contribution in [0, 0.1) is 0 Å². The fourth-order valence-corrected chi connectivity index (χ4v) is 4.26. The molecule has 1 aromatic carbocycles. The van der Waals surface area contributed by atoms with E-state index in [1.165, 1.54) is 16.8 Å². The molecule has 7 nitrogen and oxygen atoms in total. The molecule has 1 aromatic heterocycles. The summed E-state index contributed by atoms with van der Waals surface area (Å²) in [5.74, 6) is -0.0153. The number of hydrogen-bond acceptors (Lipinski definition) is 4. The summed E-state index contributed by atoms with van der Waals surface area (Å²) < 4.78 is 28.8. The quantitative estimate of drug-likeness (QED) is 0.675. The lowest BCUT2D eigenvalue weighted by Crippen LogP contribution is -2.36. The lowest BCUT2D eigenvalue weighted by molar-refractivity contribution is 0.551. The van der Waals surface area contributed by atoms with E-state index in [0.29, 0.717) is 6.42 Å². The summed E-state index contributed by atoms with van der Waals surface area (Å²) in [4.78, 5) is 24.7. The van der Waals surface area contributed by atoms with Crippen molar-refractivity contribution in [1.82, 2.24) is 14.3 Å². The Labute approximate surface area is 151 Å². The van der Waals surface area contributed by atoms with Crippen molar-refractivity contribution in [2.45, 2.75) is 31.3 Å². The highest BCUT2D eigenvalue weighted by molar-refractivity contribution is 7.89. The van der Waals surface area contributed by atoms with Gasteiger partial charge in [-0.15, -0.1) is 0 Å². The number of rotatable bonds is 8. The molecule has 1 heterocycles. The fraction of sp³-hybridized carbons (Fsp3) is 0.333. The molecule has 0 bridgehead atoms. The highest BCUT2D eigenvalue weighted by atomic mass is 32.2. The first-order chi connectivity index (χ1) is 12.4. The summed E-state index contributed by atoms with van der Waals surface area (Å²) in [6.45, 7) is 0.275. The van der Waals surface area contributed by atoms with Crippen LogP contribution in [-0.2, 0) is 22.1 Å². The minimum absolute atomic E-state index is 0.0153. The predicted molar refractivity (Wildman–Crippen MR) is 99.4 cm³/mol. The molecule has 26 heavy (non-hydrogen) atoms. The van der Waals surface area contributed by atoms with Gasteiger partial charge in [0.1, 0.15) is 0 Å². The molecule has 1 aliphatic rings. The zero-order chi connectivity index (χ0) is 18.6. The molecule has 0 spiro atoms. The number of benzene rings is 1. The number of sulfonamides is 1. The Kier molecular flexibility index (Phi) is 5.24. The molecule has 0 amide bonds. The van der Waals surface area contributed by atoms with Gasteiger partial charge in [-0.25, -0.2) is 17.9 Å². The third-order valence-electron chi connectivity index (χ3n) is 4.35. The van der Waals surface area contributed by atoms with E-state index < -0.39 is 26.8 Å². The van der Waals surface area contributed by atoms with Crippen molar-refractivity contribution in [1.29, 1.82) is 0 Å². The van der Waals surface area contributed by atoms with Gasteiger partial charge in [-0.3, -0.25) is 14.3 Å². The van der Waals surface area contributed by atoms with Crippen LogP contribution in [0.3, 0.4) is 0 Å². The molecule has 1 fully saturated rings. The van der Waals surface area contributed by atoms with Crippen LogP contribution in [0.5, 0.6) is 0 Å². The van der Waals surface area contributed by atoms with Crippen molar-refractivity contribution >= 4 is 10.0 Å². The first kappa shape index (κ1) is 18.3. The highest BCUT2D eigenvalue weighted by Crippen LogP contribution is 2.45.